The van der Waals surface area contributed by atoms with E-state index in [2.05, 4.69) is 5.32 Å². The SMILES string of the molecule is CCc1c(C)sc(NC(=O)COc2ccc(Cl)cc2Cl)c1C(=O)OC(C)C. The van der Waals surface area contributed by atoms with Crippen LogP contribution in [0.4, 0.5) is 5.00 Å². The Morgan fingerprint density at radius 2 is 1.96 bits per heavy atom. The molecule has 146 valence electrons. The summed E-state index contributed by atoms with van der Waals surface area (Å²) in [7, 11) is 0. The average Bonchev–Trinajstić information content (AvgIpc) is 2.88. The second-order valence-electron chi connectivity index (χ2n) is 6.06. The number of anilines is 1. The van der Waals surface area contributed by atoms with Crippen molar-refractivity contribution in [2.24, 2.45) is 0 Å². The van der Waals surface area contributed by atoms with Crippen LogP contribution in [0.15, 0.2) is 18.2 Å². The van der Waals surface area contributed by atoms with E-state index in [0.29, 0.717) is 32.8 Å². The summed E-state index contributed by atoms with van der Waals surface area (Å²) >= 11 is 13.2. The summed E-state index contributed by atoms with van der Waals surface area (Å²) in [6.45, 7) is 7.18. The molecule has 0 unspecified atom stereocenters. The lowest BCUT2D eigenvalue weighted by atomic mass is 10.1. The minimum absolute atomic E-state index is 0.249. The molecule has 5 nitrogen and oxygen atoms in total. The first kappa shape index (κ1) is 21.5. The van der Waals surface area contributed by atoms with Crippen LogP contribution < -0.4 is 10.1 Å². The molecule has 0 saturated heterocycles. The zero-order chi connectivity index (χ0) is 20.1. The van der Waals surface area contributed by atoms with Crippen LogP contribution in [0.2, 0.25) is 10.0 Å². The fourth-order valence-electron chi connectivity index (χ4n) is 2.48. The molecule has 0 aliphatic heterocycles. The van der Waals surface area contributed by atoms with Gasteiger partial charge in [-0.15, -0.1) is 11.3 Å². The number of amides is 1. The van der Waals surface area contributed by atoms with E-state index >= 15 is 0 Å². The van der Waals surface area contributed by atoms with Gasteiger partial charge in [-0.2, -0.15) is 0 Å². The molecule has 0 atom stereocenters. The van der Waals surface area contributed by atoms with E-state index < -0.39 is 11.9 Å². The normalized spacial score (nSPS) is 10.8. The molecule has 8 heteroatoms. The van der Waals surface area contributed by atoms with Crippen molar-refractivity contribution in [2.75, 3.05) is 11.9 Å². The van der Waals surface area contributed by atoms with Crippen LogP contribution in [0, 0.1) is 6.92 Å². The van der Waals surface area contributed by atoms with Crippen LogP contribution in [0.1, 0.15) is 41.6 Å². The monoisotopic (exact) mass is 429 g/mol. The highest BCUT2D eigenvalue weighted by Gasteiger charge is 2.24. The Kier molecular flexibility index (Phi) is 7.53. The maximum absolute atomic E-state index is 12.5. The lowest BCUT2D eigenvalue weighted by molar-refractivity contribution is -0.118. The molecule has 1 aromatic carbocycles. The minimum atomic E-state index is -0.442. The van der Waals surface area contributed by atoms with Crippen molar-refractivity contribution in [3.8, 4) is 5.75 Å². The molecule has 1 N–H and O–H groups in total. The highest BCUT2D eigenvalue weighted by atomic mass is 35.5. The van der Waals surface area contributed by atoms with Gasteiger partial charge in [0.05, 0.1) is 16.7 Å². The summed E-state index contributed by atoms with van der Waals surface area (Å²) in [6.07, 6.45) is 0.416. The Bertz CT molecular complexity index is 848. The molecule has 1 amide bonds. The molecule has 2 aromatic rings. The first-order valence-corrected chi connectivity index (χ1v) is 10.0. The lowest BCUT2D eigenvalue weighted by Crippen LogP contribution is -2.22. The molecular weight excluding hydrogens is 409 g/mol. The van der Waals surface area contributed by atoms with Gasteiger partial charge >= 0.3 is 5.97 Å². The number of ether oxygens (including phenoxy) is 2. The van der Waals surface area contributed by atoms with Crippen LogP contribution in [0.5, 0.6) is 5.75 Å². The summed E-state index contributed by atoms with van der Waals surface area (Å²) < 4.78 is 10.8. The van der Waals surface area contributed by atoms with Crippen LogP contribution in [-0.4, -0.2) is 24.6 Å². The Hall–Kier alpha value is -1.76. The van der Waals surface area contributed by atoms with Gasteiger partial charge < -0.3 is 14.8 Å². The topological polar surface area (TPSA) is 64.6 Å². The number of esters is 1. The van der Waals surface area contributed by atoms with Gasteiger partial charge in [-0.3, -0.25) is 4.79 Å². The molecule has 0 bridgehead atoms. The standard InChI is InChI=1S/C19H21Cl2NO4S/c1-5-13-11(4)27-18(17(13)19(24)26-10(2)3)22-16(23)9-25-15-7-6-12(20)8-14(15)21/h6-8,10H,5,9H2,1-4H3,(H,22,23). The van der Waals surface area contributed by atoms with Crippen molar-refractivity contribution in [1.29, 1.82) is 0 Å². The van der Waals surface area contributed by atoms with Gasteiger partial charge in [0.1, 0.15) is 10.8 Å². The molecule has 1 heterocycles. The predicted molar refractivity (Wildman–Crippen MR) is 110 cm³/mol. The van der Waals surface area contributed by atoms with E-state index in [1.165, 1.54) is 17.4 Å². The molecule has 0 aliphatic carbocycles. The molecule has 2 rings (SSSR count). The van der Waals surface area contributed by atoms with Crippen molar-refractivity contribution in [3.05, 3.63) is 44.2 Å². The van der Waals surface area contributed by atoms with Crippen LogP contribution in [0.25, 0.3) is 0 Å². The smallest absolute Gasteiger partial charge is 0.341 e. The third-order valence-electron chi connectivity index (χ3n) is 3.62. The Labute approximate surface area is 172 Å². The number of nitrogens with one attached hydrogen (secondary N) is 1. The first-order valence-electron chi connectivity index (χ1n) is 8.43. The number of thiophene rings is 1. The van der Waals surface area contributed by atoms with E-state index in [4.69, 9.17) is 32.7 Å². The highest BCUT2D eigenvalue weighted by molar-refractivity contribution is 7.16. The van der Waals surface area contributed by atoms with Gasteiger partial charge in [-0.05, 0) is 51.0 Å². The van der Waals surface area contributed by atoms with Crippen molar-refractivity contribution >= 4 is 51.4 Å². The first-order chi connectivity index (χ1) is 12.7. The van der Waals surface area contributed by atoms with Crippen LogP contribution in [0.3, 0.4) is 0 Å². The summed E-state index contributed by atoms with van der Waals surface area (Å²) in [6, 6.07) is 4.75. The molecular formula is C19H21Cl2NO4S. The van der Waals surface area contributed by atoms with Gasteiger partial charge in [-0.25, -0.2) is 4.79 Å². The molecule has 27 heavy (non-hydrogen) atoms. The van der Waals surface area contributed by atoms with E-state index in [1.807, 2.05) is 13.8 Å². The minimum Gasteiger partial charge on any atom is -0.482 e. The zero-order valence-corrected chi connectivity index (χ0v) is 17.8. The van der Waals surface area contributed by atoms with Gasteiger partial charge in [0.2, 0.25) is 0 Å². The summed E-state index contributed by atoms with van der Waals surface area (Å²) in [4.78, 5) is 25.8. The Morgan fingerprint density at radius 3 is 2.56 bits per heavy atom. The molecule has 0 fully saturated rings. The molecule has 0 saturated carbocycles. The number of benzene rings is 1. The fraction of sp³-hybridized carbons (Fsp3) is 0.368. The molecule has 0 aliphatic rings. The largest absolute Gasteiger partial charge is 0.482 e. The number of carbonyl (C=O) groups excluding carboxylic acids is 2. The van der Waals surface area contributed by atoms with Crippen molar-refractivity contribution in [2.45, 2.75) is 40.2 Å². The van der Waals surface area contributed by atoms with E-state index in [1.54, 1.807) is 26.0 Å². The predicted octanol–water partition coefficient (Wildman–Crippen LogP) is 5.51. The van der Waals surface area contributed by atoms with Crippen molar-refractivity contribution in [1.82, 2.24) is 0 Å². The maximum atomic E-state index is 12.5. The Morgan fingerprint density at radius 1 is 1.26 bits per heavy atom. The third-order valence-corrected chi connectivity index (χ3v) is 5.21. The summed E-state index contributed by atoms with van der Waals surface area (Å²) in [5.41, 5.74) is 1.29. The third kappa shape index (κ3) is 5.61. The number of hydrogen-bond acceptors (Lipinski definition) is 5. The fourth-order valence-corrected chi connectivity index (χ4v) is 4.09. The van der Waals surface area contributed by atoms with Crippen molar-refractivity contribution in [3.63, 3.8) is 0 Å². The summed E-state index contributed by atoms with van der Waals surface area (Å²) in [5.74, 6) is -0.487. The average molecular weight is 430 g/mol. The zero-order valence-electron chi connectivity index (χ0n) is 15.5. The molecule has 0 radical (unpaired) electrons. The second kappa shape index (κ2) is 9.44. The highest BCUT2D eigenvalue weighted by Crippen LogP contribution is 2.34. The number of halogens is 2. The van der Waals surface area contributed by atoms with Gasteiger partial charge in [0, 0.05) is 9.90 Å². The summed E-state index contributed by atoms with van der Waals surface area (Å²) in [5, 5.41) is 4.00. The number of rotatable bonds is 7. The molecule has 0 spiro atoms. The van der Waals surface area contributed by atoms with E-state index in [-0.39, 0.29) is 12.7 Å². The van der Waals surface area contributed by atoms with Gasteiger partial charge in [-0.1, -0.05) is 30.1 Å². The van der Waals surface area contributed by atoms with Crippen LogP contribution in [-0.2, 0) is 16.0 Å². The van der Waals surface area contributed by atoms with Gasteiger partial charge in [0.25, 0.3) is 5.91 Å². The number of hydrogen-bond donors (Lipinski definition) is 1. The van der Waals surface area contributed by atoms with E-state index in [9.17, 15) is 9.59 Å². The van der Waals surface area contributed by atoms with Crippen molar-refractivity contribution < 1.29 is 19.1 Å². The maximum Gasteiger partial charge on any atom is 0.341 e. The second-order valence-corrected chi connectivity index (χ2v) is 8.13. The lowest BCUT2D eigenvalue weighted by Gasteiger charge is -2.12. The molecule has 1 aromatic heterocycles. The number of carbonyl (C=O) groups is 2. The van der Waals surface area contributed by atoms with Gasteiger partial charge in [0.15, 0.2) is 6.61 Å². The Balaban J connectivity index is 2.13. The quantitative estimate of drug-likeness (QED) is 0.589. The van der Waals surface area contributed by atoms with Crippen LogP contribution >= 0.6 is 34.5 Å². The van der Waals surface area contributed by atoms with E-state index in [0.717, 1.165) is 10.4 Å². The number of aryl methyl sites for hydroxylation is 1.